The molecule has 106 valence electrons. The van der Waals surface area contributed by atoms with Crippen molar-refractivity contribution in [3.63, 3.8) is 0 Å². The lowest BCUT2D eigenvalue weighted by molar-refractivity contribution is 0.142. The first-order valence-electron chi connectivity index (χ1n) is 6.56. The lowest BCUT2D eigenvalue weighted by Crippen LogP contribution is -2.39. The molecule has 19 heavy (non-hydrogen) atoms. The maximum Gasteiger partial charge on any atom is 0.123 e. The quantitative estimate of drug-likeness (QED) is 0.777. The molecule has 2 N–H and O–H groups in total. The molecule has 0 aliphatic rings. The predicted molar refractivity (Wildman–Crippen MR) is 82.6 cm³/mol. The summed E-state index contributed by atoms with van der Waals surface area (Å²) >= 11 is 4.90. The third-order valence-corrected chi connectivity index (χ3v) is 3.14. The van der Waals surface area contributed by atoms with Gasteiger partial charge in [0.05, 0.1) is 0 Å². The Morgan fingerprint density at radius 1 is 1.37 bits per heavy atom. The Morgan fingerprint density at radius 2 is 2.00 bits per heavy atom. The summed E-state index contributed by atoms with van der Waals surface area (Å²) in [6.07, 6.45) is 1.66. The summed E-state index contributed by atoms with van der Waals surface area (Å²) in [5.41, 5.74) is 6.14. The van der Waals surface area contributed by atoms with Gasteiger partial charge in [0.15, 0.2) is 0 Å². The van der Waals surface area contributed by atoms with Crippen molar-refractivity contribution >= 4 is 17.2 Å². The molecule has 1 rings (SSSR count). The molecule has 0 bridgehead atoms. The van der Waals surface area contributed by atoms with Gasteiger partial charge in [0.25, 0.3) is 0 Å². The standard InChI is InChI=1S/C14H23N3OS/c1-10(2)17(11(3)4)7-8-18-12-5-6-16-13(9-12)14(15)19/h5-6,9-11H,7-8H2,1-4H3,(H2,15,19). The average molecular weight is 281 g/mol. The van der Waals surface area contributed by atoms with Gasteiger partial charge in [-0.25, -0.2) is 0 Å². The lowest BCUT2D eigenvalue weighted by atomic mass is 10.2. The molecule has 0 aliphatic heterocycles. The number of thiocarbonyl (C=S) groups is 1. The summed E-state index contributed by atoms with van der Waals surface area (Å²) in [7, 11) is 0. The third kappa shape index (κ3) is 5.12. The zero-order chi connectivity index (χ0) is 14.4. The van der Waals surface area contributed by atoms with Crippen LogP contribution in [-0.4, -0.2) is 40.1 Å². The van der Waals surface area contributed by atoms with E-state index in [1.165, 1.54) is 0 Å². The number of nitrogens with two attached hydrogens (primary N) is 1. The van der Waals surface area contributed by atoms with Crippen molar-refractivity contribution in [3.8, 4) is 5.75 Å². The van der Waals surface area contributed by atoms with Gasteiger partial charge in [-0.1, -0.05) is 12.2 Å². The van der Waals surface area contributed by atoms with E-state index in [1.807, 2.05) is 6.07 Å². The topological polar surface area (TPSA) is 51.4 Å². The molecule has 0 atom stereocenters. The normalized spacial score (nSPS) is 11.3. The molecule has 0 amide bonds. The fraction of sp³-hybridized carbons (Fsp3) is 0.571. The molecule has 0 radical (unpaired) electrons. The number of hydrogen-bond donors (Lipinski definition) is 1. The van der Waals surface area contributed by atoms with Crippen LogP contribution in [0.2, 0.25) is 0 Å². The molecule has 0 aliphatic carbocycles. The van der Waals surface area contributed by atoms with Gasteiger partial charge in [0.1, 0.15) is 23.0 Å². The van der Waals surface area contributed by atoms with Gasteiger partial charge in [0.2, 0.25) is 0 Å². The molecule has 1 aromatic rings. The average Bonchev–Trinajstić information content (AvgIpc) is 2.34. The van der Waals surface area contributed by atoms with Crippen LogP contribution in [-0.2, 0) is 0 Å². The van der Waals surface area contributed by atoms with Crippen molar-refractivity contribution in [2.75, 3.05) is 13.2 Å². The van der Waals surface area contributed by atoms with Gasteiger partial charge in [-0.15, -0.1) is 0 Å². The number of hydrogen-bond acceptors (Lipinski definition) is 4. The minimum atomic E-state index is 0.288. The highest BCUT2D eigenvalue weighted by Gasteiger charge is 2.12. The smallest absolute Gasteiger partial charge is 0.123 e. The van der Waals surface area contributed by atoms with E-state index in [-0.39, 0.29) is 4.99 Å². The minimum absolute atomic E-state index is 0.288. The Hall–Kier alpha value is -1.20. The molecule has 4 nitrogen and oxygen atoms in total. The zero-order valence-corrected chi connectivity index (χ0v) is 12.9. The molecule has 0 saturated carbocycles. The molecule has 0 unspecified atom stereocenters. The van der Waals surface area contributed by atoms with Crippen LogP contribution in [0, 0.1) is 0 Å². The van der Waals surface area contributed by atoms with Gasteiger partial charge < -0.3 is 10.5 Å². The summed E-state index contributed by atoms with van der Waals surface area (Å²) in [5, 5.41) is 0. The third-order valence-electron chi connectivity index (χ3n) is 2.93. The molecule has 1 aromatic heterocycles. The Labute approximate surface area is 121 Å². The summed E-state index contributed by atoms with van der Waals surface area (Å²) in [4.78, 5) is 6.75. The van der Waals surface area contributed by atoms with Crippen LogP contribution in [0.15, 0.2) is 18.3 Å². The van der Waals surface area contributed by atoms with E-state index in [4.69, 9.17) is 22.7 Å². The van der Waals surface area contributed by atoms with E-state index in [0.29, 0.717) is 24.4 Å². The summed E-state index contributed by atoms with van der Waals surface area (Å²) < 4.78 is 5.73. The summed E-state index contributed by atoms with van der Waals surface area (Å²) in [5.74, 6) is 0.755. The Bertz CT molecular complexity index is 413. The van der Waals surface area contributed by atoms with Crippen LogP contribution >= 0.6 is 12.2 Å². The Morgan fingerprint density at radius 3 is 2.53 bits per heavy atom. The van der Waals surface area contributed by atoms with Gasteiger partial charge >= 0.3 is 0 Å². The highest BCUT2D eigenvalue weighted by molar-refractivity contribution is 7.80. The lowest BCUT2D eigenvalue weighted by Gasteiger charge is -2.30. The van der Waals surface area contributed by atoms with E-state index in [9.17, 15) is 0 Å². The van der Waals surface area contributed by atoms with Crippen molar-refractivity contribution in [2.24, 2.45) is 5.73 Å². The van der Waals surface area contributed by atoms with Gasteiger partial charge in [-0.2, -0.15) is 0 Å². The summed E-state index contributed by atoms with van der Waals surface area (Å²) in [6.45, 7) is 10.3. The second-order valence-electron chi connectivity index (χ2n) is 5.01. The predicted octanol–water partition coefficient (Wildman–Crippen LogP) is 2.21. The van der Waals surface area contributed by atoms with E-state index in [0.717, 1.165) is 12.3 Å². The molecule has 0 fully saturated rings. The van der Waals surface area contributed by atoms with Crippen LogP contribution in [0.5, 0.6) is 5.75 Å². The van der Waals surface area contributed by atoms with Crippen LogP contribution in [0.3, 0.4) is 0 Å². The first-order valence-corrected chi connectivity index (χ1v) is 6.97. The van der Waals surface area contributed by atoms with Crippen molar-refractivity contribution in [1.82, 2.24) is 9.88 Å². The molecule has 5 heteroatoms. The Balaban J connectivity index is 2.53. The molecular formula is C14H23N3OS. The maximum atomic E-state index is 5.73. The second kappa shape index (κ2) is 7.40. The molecule has 0 aromatic carbocycles. The van der Waals surface area contributed by atoms with E-state index in [2.05, 4.69) is 37.6 Å². The molecule has 1 heterocycles. The second-order valence-corrected chi connectivity index (χ2v) is 5.45. The fourth-order valence-electron chi connectivity index (χ4n) is 2.02. The first-order chi connectivity index (χ1) is 8.91. The van der Waals surface area contributed by atoms with E-state index >= 15 is 0 Å². The Kier molecular flexibility index (Phi) is 6.18. The highest BCUT2D eigenvalue weighted by atomic mass is 32.1. The maximum absolute atomic E-state index is 5.73. The SMILES string of the molecule is CC(C)N(CCOc1ccnc(C(N)=S)c1)C(C)C. The van der Waals surface area contributed by atoms with Crippen LogP contribution in [0.4, 0.5) is 0 Å². The van der Waals surface area contributed by atoms with Gasteiger partial charge in [-0.3, -0.25) is 9.88 Å². The van der Waals surface area contributed by atoms with Crippen molar-refractivity contribution < 1.29 is 4.74 Å². The van der Waals surface area contributed by atoms with Crippen molar-refractivity contribution in [2.45, 2.75) is 39.8 Å². The van der Waals surface area contributed by atoms with Crippen LogP contribution in [0.1, 0.15) is 33.4 Å². The van der Waals surface area contributed by atoms with E-state index in [1.54, 1.807) is 12.3 Å². The van der Waals surface area contributed by atoms with Crippen molar-refractivity contribution in [3.05, 3.63) is 24.0 Å². The number of aromatic nitrogens is 1. The highest BCUT2D eigenvalue weighted by Crippen LogP contribution is 2.11. The fourth-order valence-corrected chi connectivity index (χ4v) is 2.13. The van der Waals surface area contributed by atoms with Gasteiger partial charge in [-0.05, 0) is 33.8 Å². The zero-order valence-electron chi connectivity index (χ0n) is 12.1. The number of pyridine rings is 1. The van der Waals surface area contributed by atoms with Crippen molar-refractivity contribution in [1.29, 1.82) is 0 Å². The monoisotopic (exact) mass is 281 g/mol. The van der Waals surface area contributed by atoms with E-state index < -0.39 is 0 Å². The van der Waals surface area contributed by atoms with Crippen LogP contribution < -0.4 is 10.5 Å². The number of rotatable bonds is 7. The minimum Gasteiger partial charge on any atom is -0.492 e. The number of nitrogens with zero attached hydrogens (tertiary/aromatic N) is 2. The first kappa shape index (κ1) is 15.9. The summed E-state index contributed by atoms with van der Waals surface area (Å²) in [6, 6.07) is 4.61. The van der Waals surface area contributed by atoms with Gasteiger partial charge in [0, 0.05) is 30.9 Å². The largest absolute Gasteiger partial charge is 0.492 e. The molecule has 0 saturated heterocycles. The molecular weight excluding hydrogens is 258 g/mol. The number of ether oxygens (including phenoxy) is 1. The van der Waals surface area contributed by atoms with Crippen LogP contribution in [0.25, 0.3) is 0 Å². The molecule has 0 spiro atoms.